The molecule has 0 radical (unpaired) electrons. The summed E-state index contributed by atoms with van der Waals surface area (Å²) < 4.78 is 5.46. The monoisotopic (exact) mass is 376 g/mol. The minimum absolute atomic E-state index is 0.234. The van der Waals surface area contributed by atoms with Gasteiger partial charge in [-0.05, 0) is 54.5 Å². The zero-order valence-electron chi connectivity index (χ0n) is 15.2. The fourth-order valence-corrected chi connectivity index (χ4v) is 3.00. The van der Waals surface area contributed by atoms with Crippen molar-refractivity contribution in [2.75, 3.05) is 12.4 Å². The summed E-state index contributed by atoms with van der Waals surface area (Å²) in [5, 5.41) is 6.03. The van der Waals surface area contributed by atoms with Gasteiger partial charge in [0, 0.05) is 16.8 Å². The molecule has 0 aliphatic carbocycles. The predicted octanol–water partition coefficient (Wildman–Crippen LogP) is 4.80. The van der Waals surface area contributed by atoms with Gasteiger partial charge in [-0.15, -0.1) is 0 Å². The molecule has 0 atom stereocenters. The third-order valence-corrected chi connectivity index (χ3v) is 4.36. The molecule has 5 heteroatoms. The van der Waals surface area contributed by atoms with Crippen molar-refractivity contribution in [1.29, 1.82) is 0 Å². The average molecular weight is 376 g/mol. The number of amides is 1. The first kappa shape index (κ1) is 18.6. The second-order valence-electron chi connectivity index (χ2n) is 6.00. The normalized spacial score (nSPS) is 10.1. The standard InChI is InChI=1S/C22H20N2O2S/c1-15-8-6-7-11-18(15)21(25)24-22(27)23-17-12-13-20(26-2)19(14-17)16-9-4-3-5-10-16/h3-14H,1-2H3,(H2,23,24,25,27). The zero-order valence-corrected chi connectivity index (χ0v) is 16.0. The van der Waals surface area contributed by atoms with E-state index in [0.29, 0.717) is 5.56 Å². The number of hydrogen-bond acceptors (Lipinski definition) is 3. The van der Waals surface area contributed by atoms with Crippen LogP contribution in [-0.2, 0) is 0 Å². The third kappa shape index (κ3) is 4.51. The largest absolute Gasteiger partial charge is 0.496 e. The van der Waals surface area contributed by atoms with Gasteiger partial charge in [0.25, 0.3) is 5.91 Å². The van der Waals surface area contributed by atoms with Crippen molar-refractivity contribution >= 4 is 28.9 Å². The van der Waals surface area contributed by atoms with Crippen LogP contribution in [0.2, 0.25) is 0 Å². The molecule has 0 unspecified atom stereocenters. The van der Waals surface area contributed by atoms with Crippen molar-refractivity contribution in [2.24, 2.45) is 0 Å². The van der Waals surface area contributed by atoms with E-state index in [9.17, 15) is 4.79 Å². The molecule has 3 aromatic carbocycles. The second-order valence-corrected chi connectivity index (χ2v) is 6.41. The van der Waals surface area contributed by atoms with Gasteiger partial charge >= 0.3 is 0 Å². The molecule has 0 fully saturated rings. The number of ether oxygens (including phenoxy) is 1. The van der Waals surface area contributed by atoms with Crippen LogP contribution in [0.1, 0.15) is 15.9 Å². The number of rotatable bonds is 4. The number of benzene rings is 3. The lowest BCUT2D eigenvalue weighted by atomic mass is 10.0. The molecule has 3 rings (SSSR count). The van der Waals surface area contributed by atoms with Crippen molar-refractivity contribution in [3.05, 3.63) is 83.9 Å². The van der Waals surface area contributed by atoms with E-state index in [4.69, 9.17) is 17.0 Å². The molecule has 0 saturated heterocycles. The number of hydrogen-bond donors (Lipinski definition) is 2. The number of aryl methyl sites for hydroxylation is 1. The minimum atomic E-state index is -0.234. The highest BCUT2D eigenvalue weighted by atomic mass is 32.1. The van der Waals surface area contributed by atoms with Gasteiger partial charge in [-0.25, -0.2) is 0 Å². The molecule has 0 saturated carbocycles. The van der Waals surface area contributed by atoms with Crippen molar-refractivity contribution in [1.82, 2.24) is 5.32 Å². The smallest absolute Gasteiger partial charge is 0.257 e. The van der Waals surface area contributed by atoms with Crippen LogP contribution >= 0.6 is 12.2 Å². The quantitative estimate of drug-likeness (QED) is 0.643. The molecule has 136 valence electrons. The lowest BCUT2D eigenvalue weighted by Gasteiger charge is -2.14. The van der Waals surface area contributed by atoms with E-state index in [-0.39, 0.29) is 11.0 Å². The van der Waals surface area contributed by atoms with Crippen LogP contribution in [0.3, 0.4) is 0 Å². The maximum atomic E-state index is 12.4. The van der Waals surface area contributed by atoms with E-state index in [1.54, 1.807) is 13.2 Å². The fraction of sp³-hybridized carbons (Fsp3) is 0.0909. The Hall–Kier alpha value is -3.18. The topological polar surface area (TPSA) is 50.4 Å². The Bertz CT molecular complexity index is 971. The van der Waals surface area contributed by atoms with E-state index >= 15 is 0 Å². The molecule has 0 heterocycles. The molecule has 0 aromatic heterocycles. The van der Waals surface area contributed by atoms with E-state index in [1.807, 2.05) is 73.7 Å². The third-order valence-electron chi connectivity index (χ3n) is 4.16. The summed E-state index contributed by atoms with van der Waals surface area (Å²) in [4.78, 5) is 12.4. The zero-order chi connectivity index (χ0) is 19.2. The summed E-state index contributed by atoms with van der Waals surface area (Å²) in [6.45, 7) is 1.89. The van der Waals surface area contributed by atoms with Gasteiger partial charge in [-0.2, -0.15) is 0 Å². The van der Waals surface area contributed by atoms with Crippen LogP contribution in [0.25, 0.3) is 11.1 Å². The van der Waals surface area contributed by atoms with E-state index in [1.165, 1.54) is 0 Å². The molecule has 3 aromatic rings. The minimum Gasteiger partial charge on any atom is -0.496 e. The number of thiocarbonyl (C=S) groups is 1. The first-order chi connectivity index (χ1) is 13.1. The number of nitrogens with one attached hydrogen (secondary N) is 2. The molecule has 0 aliphatic rings. The van der Waals surface area contributed by atoms with Gasteiger partial charge < -0.3 is 10.1 Å². The maximum absolute atomic E-state index is 12.4. The van der Waals surface area contributed by atoms with Crippen molar-refractivity contribution in [3.63, 3.8) is 0 Å². The number of methoxy groups -OCH3 is 1. The summed E-state index contributed by atoms with van der Waals surface area (Å²) >= 11 is 5.30. The van der Waals surface area contributed by atoms with Crippen LogP contribution in [0.15, 0.2) is 72.8 Å². The van der Waals surface area contributed by atoms with Gasteiger partial charge in [-0.1, -0.05) is 48.5 Å². The van der Waals surface area contributed by atoms with Crippen molar-refractivity contribution in [2.45, 2.75) is 6.92 Å². The summed E-state index contributed by atoms with van der Waals surface area (Å²) in [5.74, 6) is 0.531. The highest BCUT2D eigenvalue weighted by Gasteiger charge is 2.11. The summed E-state index contributed by atoms with van der Waals surface area (Å²) in [6.07, 6.45) is 0. The predicted molar refractivity (Wildman–Crippen MR) is 113 cm³/mol. The molecule has 0 bridgehead atoms. The molecule has 0 spiro atoms. The molecule has 27 heavy (non-hydrogen) atoms. The first-order valence-corrected chi connectivity index (χ1v) is 8.90. The Morgan fingerprint density at radius 3 is 2.37 bits per heavy atom. The number of carbonyl (C=O) groups is 1. The summed E-state index contributed by atoms with van der Waals surface area (Å²) in [5.41, 5.74) is 4.24. The molecular formula is C22H20N2O2S. The van der Waals surface area contributed by atoms with Crippen molar-refractivity contribution in [3.8, 4) is 16.9 Å². The van der Waals surface area contributed by atoms with Crippen LogP contribution in [0, 0.1) is 6.92 Å². The molecular weight excluding hydrogens is 356 g/mol. The Balaban J connectivity index is 1.77. The number of carbonyl (C=O) groups excluding carboxylic acids is 1. The Labute approximate surface area is 164 Å². The highest BCUT2D eigenvalue weighted by Crippen LogP contribution is 2.32. The molecule has 0 aliphatic heterocycles. The second kappa shape index (κ2) is 8.47. The van der Waals surface area contributed by atoms with Crippen molar-refractivity contribution < 1.29 is 9.53 Å². The molecule has 2 N–H and O–H groups in total. The maximum Gasteiger partial charge on any atom is 0.257 e. The summed E-state index contributed by atoms with van der Waals surface area (Å²) in [7, 11) is 1.64. The van der Waals surface area contributed by atoms with Gasteiger partial charge in [-0.3, -0.25) is 10.1 Å². The first-order valence-electron chi connectivity index (χ1n) is 8.50. The Morgan fingerprint density at radius 2 is 1.67 bits per heavy atom. The lowest BCUT2D eigenvalue weighted by Crippen LogP contribution is -2.34. The number of anilines is 1. The molecule has 1 amide bonds. The van der Waals surface area contributed by atoms with Crippen LogP contribution in [-0.4, -0.2) is 18.1 Å². The van der Waals surface area contributed by atoms with Gasteiger partial charge in [0.2, 0.25) is 0 Å². The van der Waals surface area contributed by atoms with E-state index in [0.717, 1.165) is 28.1 Å². The van der Waals surface area contributed by atoms with E-state index in [2.05, 4.69) is 10.6 Å². The van der Waals surface area contributed by atoms with Crippen LogP contribution < -0.4 is 15.4 Å². The van der Waals surface area contributed by atoms with Gasteiger partial charge in [0.1, 0.15) is 5.75 Å². The Morgan fingerprint density at radius 1 is 0.963 bits per heavy atom. The van der Waals surface area contributed by atoms with Gasteiger partial charge in [0.15, 0.2) is 5.11 Å². The van der Waals surface area contributed by atoms with Crippen LogP contribution in [0.5, 0.6) is 5.75 Å². The van der Waals surface area contributed by atoms with Gasteiger partial charge in [0.05, 0.1) is 7.11 Å². The molecule has 4 nitrogen and oxygen atoms in total. The average Bonchev–Trinajstić information content (AvgIpc) is 2.68. The highest BCUT2D eigenvalue weighted by molar-refractivity contribution is 7.80. The fourth-order valence-electron chi connectivity index (χ4n) is 2.79. The van der Waals surface area contributed by atoms with E-state index < -0.39 is 0 Å². The van der Waals surface area contributed by atoms with Crippen LogP contribution in [0.4, 0.5) is 5.69 Å². The SMILES string of the molecule is COc1ccc(NC(=S)NC(=O)c2ccccc2C)cc1-c1ccccc1. The summed E-state index contributed by atoms with van der Waals surface area (Å²) in [6, 6.07) is 23.0. The lowest BCUT2D eigenvalue weighted by molar-refractivity contribution is 0.0977. The Kier molecular flexibility index (Phi) is 5.84.